The zero-order valence-corrected chi connectivity index (χ0v) is 14.9. The first-order valence-electron chi connectivity index (χ1n) is 8.82. The Kier molecular flexibility index (Phi) is 5.00. The van der Waals surface area contributed by atoms with E-state index in [4.69, 9.17) is 0 Å². The number of aryl methyl sites for hydroxylation is 3. The molecule has 0 heterocycles. The van der Waals surface area contributed by atoms with Crippen LogP contribution in [-0.2, 0) is 11.2 Å². The highest BCUT2D eigenvalue weighted by molar-refractivity contribution is 5.92. The van der Waals surface area contributed by atoms with Crippen LogP contribution >= 0.6 is 0 Å². The normalized spacial score (nSPS) is 17.9. The molecule has 1 unspecified atom stereocenters. The first kappa shape index (κ1) is 16.7. The Labute approximate surface area is 144 Å². The van der Waals surface area contributed by atoms with Crippen LogP contribution in [-0.4, -0.2) is 19.5 Å². The number of anilines is 1. The quantitative estimate of drug-likeness (QED) is 0.891. The van der Waals surface area contributed by atoms with Gasteiger partial charge in [0.15, 0.2) is 6.54 Å². The number of nitrogens with one attached hydrogen (secondary N) is 2. The summed E-state index contributed by atoms with van der Waals surface area (Å²) < 4.78 is 0. The van der Waals surface area contributed by atoms with Crippen molar-refractivity contribution in [2.24, 2.45) is 0 Å². The Morgan fingerprint density at radius 1 is 1.21 bits per heavy atom. The van der Waals surface area contributed by atoms with E-state index in [0.29, 0.717) is 12.6 Å². The van der Waals surface area contributed by atoms with Gasteiger partial charge in [0.25, 0.3) is 5.91 Å². The van der Waals surface area contributed by atoms with E-state index in [1.54, 1.807) is 0 Å². The molecule has 0 saturated heterocycles. The largest absolute Gasteiger partial charge is 0.323 e. The van der Waals surface area contributed by atoms with E-state index in [0.717, 1.165) is 29.7 Å². The summed E-state index contributed by atoms with van der Waals surface area (Å²) in [6, 6.07) is 15.3. The maximum absolute atomic E-state index is 12.5. The van der Waals surface area contributed by atoms with Gasteiger partial charge in [-0.05, 0) is 49.4 Å². The van der Waals surface area contributed by atoms with E-state index in [2.05, 4.69) is 48.8 Å². The van der Waals surface area contributed by atoms with Gasteiger partial charge in [0.1, 0.15) is 6.04 Å². The number of hydrogen-bond acceptors (Lipinski definition) is 1. The molecule has 1 aliphatic carbocycles. The van der Waals surface area contributed by atoms with Gasteiger partial charge in [-0.25, -0.2) is 0 Å². The summed E-state index contributed by atoms with van der Waals surface area (Å²) >= 11 is 0. The predicted molar refractivity (Wildman–Crippen MR) is 98.4 cm³/mol. The molecule has 2 aromatic rings. The first-order chi connectivity index (χ1) is 11.5. The molecule has 3 heteroatoms. The Morgan fingerprint density at radius 3 is 2.83 bits per heavy atom. The lowest BCUT2D eigenvalue weighted by Crippen LogP contribution is -3.10. The molecule has 1 aliphatic rings. The smallest absolute Gasteiger partial charge is 0.279 e. The highest BCUT2D eigenvalue weighted by Crippen LogP contribution is 2.27. The first-order valence-corrected chi connectivity index (χ1v) is 8.82. The second-order valence-electron chi connectivity index (χ2n) is 7.03. The van der Waals surface area contributed by atoms with E-state index >= 15 is 0 Å². The van der Waals surface area contributed by atoms with Crippen molar-refractivity contribution in [2.75, 3.05) is 18.9 Å². The lowest BCUT2D eigenvalue weighted by molar-refractivity contribution is -0.905. The minimum atomic E-state index is 0.0873. The molecule has 0 radical (unpaired) electrons. The summed E-state index contributed by atoms with van der Waals surface area (Å²) in [6.45, 7) is 4.57. The Hall–Kier alpha value is -2.13. The molecule has 0 bridgehead atoms. The van der Waals surface area contributed by atoms with Crippen molar-refractivity contribution in [3.8, 4) is 0 Å². The van der Waals surface area contributed by atoms with Gasteiger partial charge in [-0.3, -0.25) is 4.79 Å². The number of carbonyl (C=O) groups is 1. The highest BCUT2D eigenvalue weighted by atomic mass is 16.2. The Balaban J connectivity index is 1.68. The molecule has 3 rings (SSSR count). The topological polar surface area (TPSA) is 33.5 Å². The molecule has 1 amide bonds. The van der Waals surface area contributed by atoms with E-state index < -0.39 is 0 Å². The van der Waals surface area contributed by atoms with Crippen LogP contribution in [0.2, 0.25) is 0 Å². The highest BCUT2D eigenvalue weighted by Gasteiger charge is 2.27. The van der Waals surface area contributed by atoms with Gasteiger partial charge in [-0.15, -0.1) is 0 Å². The Morgan fingerprint density at radius 2 is 2.00 bits per heavy atom. The molecule has 0 fully saturated rings. The van der Waals surface area contributed by atoms with Crippen molar-refractivity contribution in [1.29, 1.82) is 0 Å². The molecule has 0 saturated carbocycles. The number of amides is 1. The fourth-order valence-electron chi connectivity index (χ4n) is 3.71. The van der Waals surface area contributed by atoms with Gasteiger partial charge in [0.2, 0.25) is 0 Å². The van der Waals surface area contributed by atoms with Crippen molar-refractivity contribution >= 4 is 11.6 Å². The molecule has 2 aromatic carbocycles. The molecule has 0 spiro atoms. The van der Waals surface area contributed by atoms with Crippen LogP contribution in [0.25, 0.3) is 0 Å². The molecular weight excluding hydrogens is 296 g/mol. The van der Waals surface area contributed by atoms with E-state index in [-0.39, 0.29) is 5.91 Å². The van der Waals surface area contributed by atoms with Crippen LogP contribution in [0, 0.1) is 13.8 Å². The number of benzene rings is 2. The fourth-order valence-corrected chi connectivity index (χ4v) is 3.71. The van der Waals surface area contributed by atoms with Gasteiger partial charge >= 0.3 is 0 Å². The van der Waals surface area contributed by atoms with Crippen LogP contribution in [0.1, 0.15) is 41.1 Å². The maximum atomic E-state index is 12.5. The second kappa shape index (κ2) is 7.18. The van der Waals surface area contributed by atoms with E-state index in [9.17, 15) is 4.79 Å². The molecule has 3 nitrogen and oxygen atoms in total. The average molecular weight is 323 g/mol. The summed E-state index contributed by atoms with van der Waals surface area (Å²) in [5, 5.41) is 3.09. The fraction of sp³-hybridized carbons (Fsp3) is 0.381. The van der Waals surface area contributed by atoms with Crippen molar-refractivity contribution in [1.82, 2.24) is 0 Å². The Bertz CT molecular complexity index is 738. The van der Waals surface area contributed by atoms with Crippen LogP contribution in [0.5, 0.6) is 0 Å². The number of quaternary nitrogens is 1. The number of likely N-dealkylation sites (N-methyl/N-ethyl adjacent to an activating group) is 1. The standard InChI is InChI=1S/C21H26N2O/c1-15-11-12-16(2)19(13-15)22-21(24)14-23(3)20-10-6-8-17-7-4-5-9-18(17)20/h4-5,7,9,11-13,20H,6,8,10,14H2,1-3H3,(H,22,24)/p+1/t20-/m1/s1. The lowest BCUT2D eigenvalue weighted by Gasteiger charge is -2.30. The predicted octanol–water partition coefficient (Wildman–Crippen LogP) is 2.83. The zero-order valence-electron chi connectivity index (χ0n) is 14.9. The summed E-state index contributed by atoms with van der Waals surface area (Å²) in [4.78, 5) is 13.8. The second-order valence-corrected chi connectivity index (χ2v) is 7.03. The van der Waals surface area contributed by atoms with Gasteiger partial charge in [0, 0.05) is 17.7 Å². The number of rotatable bonds is 4. The summed E-state index contributed by atoms with van der Waals surface area (Å²) in [6.07, 6.45) is 3.52. The minimum absolute atomic E-state index is 0.0873. The zero-order chi connectivity index (χ0) is 17.1. The third-order valence-electron chi connectivity index (χ3n) is 5.07. The molecule has 2 atom stereocenters. The van der Waals surface area contributed by atoms with Crippen LogP contribution in [0.15, 0.2) is 42.5 Å². The number of fused-ring (bicyclic) bond motifs is 1. The number of hydrogen-bond donors (Lipinski definition) is 2. The van der Waals surface area contributed by atoms with Gasteiger partial charge in [-0.2, -0.15) is 0 Å². The van der Waals surface area contributed by atoms with Crippen molar-refractivity contribution in [2.45, 2.75) is 39.2 Å². The van der Waals surface area contributed by atoms with Crippen LogP contribution < -0.4 is 10.2 Å². The monoisotopic (exact) mass is 323 g/mol. The van der Waals surface area contributed by atoms with Crippen LogP contribution in [0.4, 0.5) is 5.69 Å². The van der Waals surface area contributed by atoms with Crippen LogP contribution in [0.3, 0.4) is 0 Å². The average Bonchev–Trinajstić information content (AvgIpc) is 2.57. The molecule has 24 heavy (non-hydrogen) atoms. The molecule has 0 aliphatic heterocycles. The minimum Gasteiger partial charge on any atom is -0.323 e. The molecular formula is C21H27N2O+. The molecule has 2 N–H and O–H groups in total. The van der Waals surface area contributed by atoms with E-state index in [1.807, 2.05) is 19.9 Å². The summed E-state index contributed by atoms with van der Waals surface area (Å²) in [5.74, 6) is 0.0873. The van der Waals surface area contributed by atoms with Crippen molar-refractivity contribution < 1.29 is 9.69 Å². The summed E-state index contributed by atoms with van der Waals surface area (Å²) in [5.41, 5.74) is 6.06. The van der Waals surface area contributed by atoms with Crippen molar-refractivity contribution in [3.05, 3.63) is 64.7 Å². The third kappa shape index (κ3) is 3.68. The lowest BCUT2D eigenvalue weighted by atomic mass is 9.87. The number of carbonyl (C=O) groups excluding carboxylic acids is 1. The van der Waals surface area contributed by atoms with Gasteiger partial charge in [0.05, 0.1) is 7.05 Å². The van der Waals surface area contributed by atoms with Crippen molar-refractivity contribution in [3.63, 3.8) is 0 Å². The van der Waals surface area contributed by atoms with E-state index in [1.165, 1.54) is 22.4 Å². The van der Waals surface area contributed by atoms with Gasteiger partial charge in [-0.1, -0.05) is 36.4 Å². The van der Waals surface area contributed by atoms with Gasteiger partial charge < -0.3 is 10.2 Å². The summed E-state index contributed by atoms with van der Waals surface area (Å²) in [7, 11) is 2.13. The maximum Gasteiger partial charge on any atom is 0.279 e. The third-order valence-corrected chi connectivity index (χ3v) is 5.07. The molecule has 0 aromatic heterocycles. The molecule has 126 valence electrons. The SMILES string of the molecule is Cc1ccc(C)c(NC(=O)C[NH+](C)[C@@H]2CCCc3ccccc32)c1.